The van der Waals surface area contributed by atoms with Gasteiger partial charge in [0.1, 0.15) is 11.5 Å². The predicted molar refractivity (Wildman–Crippen MR) is 134 cm³/mol. The average Bonchev–Trinajstić information content (AvgIpc) is 2.77. The maximum absolute atomic E-state index is 12.8. The Morgan fingerprint density at radius 3 is 2.19 bits per heavy atom. The molecule has 2 aromatic rings. The van der Waals surface area contributed by atoms with E-state index in [1.807, 2.05) is 45.0 Å². The van der Waals surface area contributed by atoms with Gasteiger partial charge in [0.25, 0.3) is 5.91 Å². The minimum atomic E-state index is -0.202. The van der Waals surface area contributed by atoms with Crippen LogP contribution in [0.1, 0.15) is 61.9 Å². The van der Waals surface area contributed by atoms with Gasteiger partial charge in [0.15, 0.2) is 5.11 Å². The van der Waals surface area contributed by atoms with Gasteiger partial charge in [-0.1, -0.05) is 37.0 Å². The van der Waals surface area contributed by atoms with Crippen LogP contribution in [0.15, 0.2) is 36.4 Å². The second-order valence-corrected chi connectivity index (χ2v) is 8.38. The van der Waals surface area contributed by atoms with Gasteiger partial charge in [-0.25, -0.2) is 0 Å². The van der Waals surface area contributed by atoms with Crippen LogP contribution in [0, 0.1) is 6.92 Å². The first-order chi connectivity index (χ1) is 15.5. The Morgan fingerprint density at radius 2 is 1.59 bits per heavy atom. The number of aryl methyl sites for hydroxylation is 1. The number of carbonyl (C=O) groups excluding carboxylic acids is 1. The summed E-state index contributed by atoms with van der Waals surface area (Å²) in [4.78, 5) is 12.8. The van der Waals surface area contributed by atoms with E-state index in [0.29, 0.717) is 52.8 Å². The first-order valence-corrected chi connectivity index (χ1v) is 11.8. The van der Waals surface area contributed by atoms with Crippen LogP contribution < -0.4 is 25.4 Å². The van der Waals surface area contributed by atoms with Gasteiger partial charge >= 0.3 is 0 Å². The fourth-order valence-electron chi connectivity index (χ4n) is 3.88. The van der Waals surface area contributed by atoms with E-state index in [-0.39, 0.29) is 5.91 Å². The fraction of sp³-hybridized carbons (Fsp3) is 0.440. The number of nitrogens with one attached hydrogen (secondary N) is 3. The van der Waals surface area contributed by atoms with Crippen molar-refractivity contribution in [1.29, 1.82) is 0 Å². The summed E-state index contributed by atoms with van der Waals surface area (Å²) in [5.74, 6) is 0.954. The molecule has 1 fully saturated rings. The summed E-state index contributed by atoms with van der Waals surface area (Å²) in [6.07, 6.45) is 6.02. The van der Waals surface area contributed by atoms with Gasteiger partial charge in [-0.05, 0) is 58.0 Å². The molecular formula is C25H33N3O3S. The van der Waals surface area contributed by atoms with E-state index in [9.17, 15) is 4.79 Å². The first-order valence-electron chi connectivity index (χ1n) is 11.4. The second-order valence-electron chi connectivity index (χ2n) is 7.97. The van der Waals surface area contributed by atoms with Gasteiger partial charge in [-0.15, -0.1) is 0 Å². The molecule has 3 rings (SSSR count). The molecule has 0 radical (unpaired) electrons. The van der Waals surface area contributed by atoms with Crippen LogP contribution in [0.3, 0.4) is 0 Å². The second kappa shape index (κ2) is 11.7. The number of carbonyl (C=O) groups is 1. The predicted octanol–water partition coefficient (Wildman–Crippen LogP) is 5.66. The van der Waals surface area contributed by atoms with Crippen molar-refractivity contribution in [1.82, 2.24) is 5.32 Å². The molecule has 0 aromatic heterocycles. The zero-order valence-corrected chi connectivity index (χ0v) is 19.9. The van der Waals surface area contributed by atoms with Gasteiger partial charge in [0.2, 0.25) is 0 Å². The molecule has 0 atom stereocenters. The van der Waals surface area contributed by atoms with Crippen LogP contribution in [0.25, 0.3) is 0 Å². The minimum absolute atomic E-state index is 0.202. The highest BCUT2D eigenvalue weighted by Gasteiger charge is 2.18. The number of rotatable bonds is 8. The zero-order valence-electron chi connectivity index (χ0n) is 19.1. The molecule has 1 aliphatic rings. The molecule has 1 aliphatic carbocycles. The van der Waals surface area contributed by atoms with E-state index in [2.05, 4.69) is 16.0 Å². The molecular weight excluding hydrogens is 422 g/mol. The lowest BCUT2D eigenvalue weighted by atomic mass is 9.96. The van der Waals surface area contributed by atoms with E-state index in [1.54, 1.807) is 12.1 Å². The Labute approximate surface area is 196 Å². The third-order valence-electron chi connectivity index (χ3n) is 5.40. The Balaban J connectivity index is 1.82. The summed E-state index contributed by atoms with van der Waals surface area (Å²) >= 11 is 5.56. The van der Waals surface area contributed by atoms with Gasteiger partial charge in [0.05, 0.1) is 24.6 Å². The number of hydrogen-bond acceptors (Lipinski definition) is 4. The summed E-state index contributed by atoms with van der Waals surface area (Å²) in [6, 6.07) is 11.5. The number of anilines is 2. The molecule has 6 nitrogen and oxygen atoms in total. The van der Waals surface area contributed by atoms with E-state index < -0.39 is 0 Å². The molecule has 1 amide bonds. The molecule has 1 saturated carbocycles. The van der Waals surface area contributed by atoms with Crippen molar-refractivity contribution in [2.24, 2.45) is 0 Å². The van der Waals surface area contributed by atoms with Crippen molar-refractivity contribution >= 4 is 34.6 Å². The average molecular weight is 456 g/mol. The summed E-state index contributed by atoms with van der Waals surface area (Å²) in [7, 11) is 0. The van der Waals surface area contributed by atoms with Gasteiger partial charge in [-0.3, -0.25) is 4.79 Å². The molecule has 0 unspecified atom stereocenters. The quantitative estimate of drug-likeness (QED) is 0.446. The van der Waals surface area contributed by atoms with Crippen molar-refractivity contribution in [2.45, 2.75) is 58.9 Å². The van der Waals surface area contributed by atoms with Crippen LogP contribution in [0.5, 0.6) is 11.5 Å². The number of benzene rings is 2. The fourth-order valence-corrected chi connectivity index (χ4v) is 4.15. The SMILES string of the molecule is CCOc1cc(NC(=S)NC2CCCCC2)c(OCC)cc1NC(=O)c1cccc(C)c1. The number of ether oxygens (including phenoxy) is 2. The van der Waals surface area contributed by atoms with E-state index in [0.717, 1.165) is 18.4 Å². The van der Waals surface area contributed by atoms with E-state index in [4.69, 9.17) is 21.7 Å². The van der Waals surface area contributed by atoms with Crippen molar-refractivity contribution in [3.05, 3.63) is 47.5 Å². The smallest absolute Gasteiger partial charge is 0.255 e. The summed E-state index contributed by atoms with van der Waals surface area (Å²) < 4.78 is 11.7. The topological polar surface area (TPSA) is 71.6 Å². The summed E-state index contributed by atoms with van der Waals surface area (Å²) in [5, 5.41) is 10.2. The lowest BCUT2D eigenvalue weighted by Crippen LogP contribution is -2.38. The van der Waals surface area contributed by atoms with Crippen molar-refractivity contribution in [3.8, 4) is 11.5 Å². The van der Waals surface area contributed by atoms with E-state index in [1.165, 1.54) is 19.3 Å². The first kappa shape index (κ1) is 23.9. The van der Waals surface area contributed by atoms with Crippen LogP contribution in [-0.4, -0.2) is 30.3 Å². The normalized spacial score (nSPS) is 13.8. The van der Waals surface area contributed by atoms with Gasteiger partial charge in [0, 0.05) is 23.7 Å². The summed E-state index contributed by atoms with van der Waals surface area (Å²) in [5.41, 5.74) is 2.87. The maximum atomic E-state index is 12.8. The molecule has 0 spiro atoms. The summed E-state index contributed by atoms with van der Waals surface area (Å²) in [6.45, 7) is 6.73. The Morgan fingerprint density at radius 1 is 0.969 bits per heavy atom. The van der Waals surface area contributed by atoms with Gasteiger partial charge < -0.3 is 25.4 Å². The molecule has 0 heterocycles. The highest BCUT2D eigenvalue weighted by Crippen LogP contribution is 2.37. The Bertz CT molecular complexity index is 942. The van der Waals surface area contributed by atoms with Crippen LogP contribution in [0.2, 0.25) is 0 Å². The highest BCUT2D eigenvalue weighted by molar-refractivity contribution is 7.80. The molecule has 2 aromatic carbocycles. The highest BCUT2D eigenvalue weighted by atomic mass is 32.1. The monoisotopic (exact) mass is 455 g/mol. The largest absolute Gasteiger partial charge is 0.492 e. The number of hydrogen-bond donors (Lipinski definition) is 3. The van der Waals surface area contributed by atoms with Crippen molar-refractivity contribution in [3.63, 3.8) is 0 Å². The molecule has 3 N–H and O–H groups in total. The lowest BCUT2D eigenvalue weighted by Gasteiger charge is -2.25. The van der Waals surface area contributed by atoms with Crippen LogP contribution in [0.4, 0.5) is 11.4 Å². The van der Waals surface area contributed by atoms with Crippen LogP contribution >= 0.6 is 12.2 Å². The minimum Gasteiger partial charge on any atom is -0.492 e. The Hall–Kier alpha value is -2.80. The Kier molecular flexibility index (Phi) is 8.73. The standard InChI is InChI=1S/C25H33N3O3S/c1-4-30-22-16-21(28-25(32)26-19-12-7-6-8-13-19)23(31-5-2)15-20(22)27-24(29)18-11-9-10-17(3)14-18/h9-11,14-16,19H,4-8,12-13H2,1-3H3,(H,27,29)(H2,26,28,32). The zero-order chi connectivity index (χ0) is 22.9. The molecule has 0 saturated heterocycles. The van der Waals surface area contributed by atoms with Crippen molar-refractivity contribution in [2.75, 3.05) is 23.8 Å². The number of thiocarbonyl (C=S) groups is 1. The van der Waals surface area contributed by atoms with Gasteiger partial charge in [-0.2, -0.15) is 0 Å². The number of amides is 1. The third-order valence-corrected chi connectivity index (χ3v) is 5.62. The third kappa shape index (κ3) is 6.60. The maximum Gasteiger partial charge on any atom is 0.255 e. The molecule has 0 bridgehead atoms. The molecule has 172 valence electrons. The van der Waals surface area contributed by atoms with Crippen LogP contribution in [-0.2, 0) is 0 Å². The molecule has 7 heteroatoms. The lowest BCUT2D eigenvalue weighted by molar-refractivity contribution is 0.102. The molecule has 0 aliphatic heterocycles. The van der Waals surface area contributed by atoms with Crippen molar-refractivity contribution < 1.29 is 14.3 Å². The van der Waals surface area contributed by atoms with E-state index >= 15 is 0 Å². The molecule has 32 heavy (non-hydrogen) atoms.